The number of alkyl halides is 3. The Bertz CT molecular complexity index is 523. The topological polar surface area (TPSA) is 72.4 Å². The SMILES string of the molecule is NC(=O)CC1CCN(c2ccc(C(F)(F)F)cc2N)CC1. The maximum Gasteiger partial charge on any atom is 0.416 e. The van der Waals surface area contributed by atoms with Gasteiger partial charge in [-0.15, -0.1) is 0 Å². The summed E-state index contributed by atoms with van der Waals surface area (Å²) in [4.78, 5) is 12.8. The number of rotatable bonds is 3. The highest BCUT2D eigenvalue weighted by Gasteiger charge is 2.31. The molecule has 1 fully saturated rings. The van der Waals surface area contributed by atoms with Crippen LogP contribution in [-0.4, -0.2) is 19.0 Å². The first-order valence-electron chi connectivity index (χ1n) is 6.77. The highest BCUT2D eigenvalue weighted by Crippen LogP contribution is 2.35. The van der Waals surface area contributed by atoms with Gasteiger partial charge in [0, 0.05) is 19.5 Å². The molecule has 0 aliphatic carbocycles. The van der Waals surface area contributed by atoms with E-state index in [0.717, 1.165) is 25.0 Å². The second kappa shape index (κ2) is 5.83. The Morgan fingerprint density at radius 3 is 2.38 bits per heavy atom. The van der Waals surface area contributed by atoms with Crippen LogP contribution in [0, 0.1) is 5.92 Å². The Kier molecular flexibility index (Phi) is 4.29. The Hall–Kier alpha value is -1.92. The van der Waals surface area contributed by atoms with Crippen molar-refractivity contribution in [1.29, 1.82) is 0 Å². The first-order chi connectivity index (χ1) is 9.77. The Morgan fingerprint density at radius 1 is 1.29 bits per heavy atom. The minimum Gasteiger partial charge on any atom is -0.397 e. The molecule has 0 bridgehead atoms. The molecule has 0 atom stereocenters. The monoisotopic (exact) mass is 301 g/mol. The molecule has 2 rings (SSSR count). The fraction of sp³-hybridized carbons (Fsp3) is 0.500. The zero-order valence-corrected chi connectivity index (χ0v) is 11.5. The number of benzene rings is 1. The van der Waals surface area contributed by atoms with E-state index >= 15 is 0 Å². The maximum atomic E-state index is 12.6. The van der Waals surface area contributed by atoms with E-state index in [9.17, 15) is 18.0 Å². The molecule has 7 heteroatoms. The van der Waals surface area contributed by atoms with Crippen LogP contribution in [0.1, 0.15) is 24.8 Å². The predicted octanol–water partition coefficient (Wildman–Crippen LogP) is 2.38. The van der Waals surface area contributed by atoms with Crippen molar-refractivity contribution in [2.24, 2.45) is 11.7 Å². The van der Waals surface area contributed by atoms with Crippen LogP contribution in [0.4, 0.5) is 24.5 Å². The number of primary amides is 1. The molecular weight excluding hydrogens is 283 g/mol. The summed E-state index contributed by atoms with van der Waals surface area (Å²) in [5, 5.41) is 0. The smallest absolute Gasteiger partial charge is 0.397 e. The van der Waals surface area contributed by atoms with Crippen LogP contribution < -0.4 is 16.4 Å². The Balaban J connectivity index is 2.05. The van der Waals surface area contributed by atoms with E-state index in [0.29, 0.717) is 25.2 Å². The molecule has 4 N–H and O–H groups in total. The molecule has 21 heavy (non-hydrogen) atoms. The number of halogens is 3. The quantitative estimate of drug-likeness (QED) is 0.842. The summed E-state index contributed by atoms with van der Waals surface area (Å²) in [6.45, 7) is 1.32. The second-order valence-electron chi connectivity index (χ2n) is 5.37. The van der Waals surface area contributed by atoms with E-state index in [-0.39, 0.29) is 17.5 Å². The number of hydrogen-bond donors (Lipinski definition) is 2. The molecular formula is C14H18F3N3O. The van der Waals surface area contributed by atoms with E-state index in [4.69, 9.17) is 11.5 Å². The Morgan fingerprint density at radius 2 is 1.90 bits per heavy atom. The molecule has 1 saturated heterocycles. The van der Waals surface area contributed by atoms with Crippen molar-refractivity contribution in [3.63, 3.8) is 0 Å². The molecule has 1 heterocycles. The molecule has 1 aliphatic heterocycles. The fourth-order valence-electron chi connectivity index (χ4n) is 2.68. The van der Waals surface area contributed by atoms with Gasteiger partial charge in [-0.2, -0.15) is 13.2 Å². The van der Waals surface area contributed by atoms with Gasteiger partial charge in [-0.25, -0.2) is 0 Å². The first-order valence-corrected chi connectivity index (χ1v) is 6.77. The van der Waals surface area contributed by atoms with Gasteiger partial charge in [-0.1, -0.05) is 0 Å². The molecule has 116 valence electrons. The van der Waals surface area contributed by atoms with Gasteiger partial charge in [0.2, 0.25) is 5.91 Å². The molecule has 0 unspecified atom stereocenters. The lowest BCUT2D eigenvalue weighted by atomic mass is 9.93. The van der Waals surface area contributed by atoms with E-state index in [1.54, 1.807) is 0 Å². The van der Waals surface area contributed by atoms with Crippen molar-refractivity contribution >= 4 is 17.3 Å². The summed E-state index contributed by atoms with van der Waals surface area (Å²) < 4.78 is 37.8. The van der Waals surface area contributed by atoms with Crippen LogP contribution in [0.3, 0.4) is 0 Å². The minimum absolute atomic E-state index is 0.123. The molecule has 1 amide bonds. The molecule has 0 radical (unpaired) electrons. The van der Waals surface area contributed by atoms with Gasteiger partial charge in [0.25, 0.3) is 0 Å². The van der Waals surface area contributed by atoms with Gasteiger partial charge in [-0.3, -0.25) is 4.79 Å². The fourth-order valence-corrected chi connectivity index (χ4v) is 2.68. The van der Waals surface area contributed by atoms with Gasteiger partial charge in [0.15, 0.2) is 0 Å². The van der Waals surface area contributed by atoms with Gasteiger partial charge < -0.3 is 16.4 Å². The normalized spacial score (nSPS) is 17.0. The van der Waals surface area contributed by atoms with Crippen molar-refractivity contribution in [2.75, 3.05) is 23.7 Å². The number of hydrogen-bond acceptors (Lipinski definition) is 3. The number of nitrogen functional groups attached to an aromatic ring is 1. The summed E-state index contributed by atoms with van der Waals surface area (Å²) in [7, 11) is 0. The molecule has 0 saturated carbocycles. The van der Waals surface area contributed by atoms with Crippen LogP contribution >= 0.6 is 0 Å². The van der Waals surface area contributed by atoms with Crippen molar-refractivity contribution in [3.05, 3.63) is 23.8 Å². The van der Waals surface area contributed by atoms with Gasteiger partial charge in [-0.05, 0) is 37.0 Å². The van der Waals surface area contributed by atoms with Gasteiger partial charge in [0.1, 0.15) is 0 Å². The lowest BCUT2D eigenvalue weighted by Crippen LogP contribution is -2.35. The number of carbonyl (C=O) groups excluding carboxylic acids is 1. The number of anilines is 2. The lowest BCUT2D eigenvalue weighted by molar-refractivity contribution is -0.137. The highest BCUT2D eigenvalue weighted by atomic mass is 19.4. The second-order valence-corrected chi connectivity index (χ2v) is 5.37. The Labute approximate surface area is 120 Å². The van der Waals surface area contributed by atoms with Gasteiger partial charge >= 0.3 is 6.18 Å². The summed E-state index contributed by atoms with van der Waals surface area (Å²) >= 11 is 0. The van der Waals surface area contributed by atoms with E-state index in [1.165, 1.54) is 6.07 Å². The molecule has 1 aromatic carbocycles. The summed E-state index contributed by atoms with van der Waals surface area (Å²) in [5.41, 5.74) is 10.9. The van der Waals surface area contributed by atoms with E-state index in [1.807, 2.05) is 4.90 Å². The third kappa shape index (κ3) is 3.80. The van der Waals surface area contributed by atoms with Crippen molar-refractivity contribution in [1.82, 2.24) is 0 Å². The van der Waals surface area contributed by atoms with Gasteiger partial charge in [0.05, 0.1) is 16.9 Å². The van der Waals surface area contributed by atoms with Crippen LogP contribution in [-0.2, 0) is 11.0 Å². The largest absolute Gasteiger partial charge is 0.416 e. The highest BCUT2D eigenvalue weighted by molar-refractivity contribution is 5.74. The van der Waals surface area contributed by atoms with Crippen LogP contribution in [0.15, 0.2) is 18.2 Å². The summed E-state index contributed by atoms with van der Waals surface area (Å²) in [6.07, 6.45) is -2.47. The van der Waals surface area contributed by atoms with Crippen LogP contribution in [0.25, 0.3) is 0 Å². The van der Waals surface area contributed by atoms with E-state index < -0.39 is 11.7 Å². The predicted molar refractivity (Wildman–Crippen MR) is 74.6 cm³/mol. The average Bonchev–Trinajstić information content (AvgIpc) is 2.38. The number of amides is 1. The molecule has 0 aromatic heterocycles. The molecule has 0 spiro atoms. The first kappa shape index (κ1) is 15.5. The number of carbonyl (C=O) groups is 1. The molecule has 1 aromatic rings. The summed E-state index contributed by atoms with van der Waals surface area (Å²) in [5.74, 6) is -0.0723. The third-order valence-electron chi connectivity index (χ3n) is 3.80. The molecule has 4 nitrogen and oxygen atoms in total. The number of nitrogens with zero attached hydrogens (tertiary/aromatic N) is 1. The number of piperidine rings is 1. The average molecular weight is 301 g/mol. The number of nitrogens with two attached hydrogens (primary N) is 2. The molecule has 1 aliphatic rings. The van der Waals surface area contributed by atoms with E-state index in [2.05, 4.69) is 0 Å². The third-order valence-corrected chi connectivity index (χ3v) is 3.80. The van der Waals surface area contributed by atoms with Crippen molar-refractivity contribution in [2.45, 2.75) is 25.4 Å². The lowest BCUT2D eigenvalue weighted by Gasteiger charge is -2.34. The van der Waals surface area contributed by atoms with Crippen LogP contribution in [0.5, 0.6) is 0 Å². The zero-order valence-electron chi connectivity index (χ0n) is 11.5. The van der Waals surface area contributed by atoms with Crippen molar-refractivity contribution in [3.8, 4) is 0 Å². The summed E-state index contributed by atoms with van der Waals surface area (Å²) in [6, 6.07) is 3.42. The zero-order chi connectivity index (χ0) is 15.6. The van der Waals surface area contributed by atoms with Crippen LogP contribution in [0.2, 0.25) is 0 Å². The maximum absolute atomic E-state index is 12.6. The van der Waals surface area contributed by atoms with Crippen molar-refractivity contribution < 1.29 is 18.0 Å². The standard InChI is InChI=1S/C14H18F3N3O/c15-14(16,17)10-1-2-12(11(18)8-10)20-5-3-9(4-6-20)7-13(19)21/h1-2,8-9H,3-7,18H2,(H2,19,21). The minimum atomic E-state index is -4.39.